The van der Waals surface area contributed by atoms with Crippen LogP contribution in [0, 0.1) is 5.92 Å². The van der Waals surface area contributed by atoms with Gasteiger partial charge >= 0.3 is 0 Å². The van der Waals surface area contributed by atoms with E-state index in [-0.39, 0.29) is 17.7 Å². The summed E-state index contributed by atoms with van der Waals surface area (Å²) >= 11 is 1.65. The van der Waals surface area contributed by atoms with Gasteiger partial charge in [-0.05, 0) is 42.8 Å². The SMILES string of the molecule is O=C(Nc1ccccc1Sc1ccccc1)[C@@H]1C[C@H]1c1ccco1. The molecule has 3 nitrogen and oxygen atoms in total. The molecule has 0 radical (unpaired) electrons. The molecule has 1 aromatic heterocycles. The van der Waals surface area contributed by atoms with Crippen LogP contribution >= 0.6 is 11.8 Å². The summed E-state index contributed by atoms with van der Waals surface area (Å²) in [5.74, 6) is 1.19. The van der Waals surface area contributed by atoms with E-state index in [1.165, 1.54) is 0 Å². The first kappa shape index (κ1) is 15.1. The minimum absolute atomic E-state index is 0.00549. The summed E-state index contributed by atoms with van der Waals surface area (Å²) in [6.07, 6.45) is 2.52. The van der Waals surface area contributed by atoms with E-state index in [0.29, 0.717) is 0 Å². The number of para-hydroxylation sites is 1. The zero-order valence-corrected chi connectivity index (χ0v) is 13.8. The van der Waals surface area contributed by atoms with E-state index in [1.807, 2.05) is 54.6 Å². The fourth-order valence-corrected chi connectivity index (χ4v) is 3.72. The van der Waals surface area contributed by atoms with Gasteiger partial charge in [0.15, 0.2) is 0 Å². The van der Waals surface area contributed by atoms with Gasteiger partial charge < -0.3 is 9.73 Å². The predicted octanol–water partition coefficient (Wildman–Crippen LogP) is 5.17. The Hall–Kier alpha value is -2.46. The number of hydrogen-bond acceptors (Lipinski definition) is 3. The van der Waals surface area contributed by atoms with Crippen molar-refractivity contribution < 1.29 is 9.21 Å². The smallest absolute Gasteiger partial charge is 0.228 e. The fraction of sp³-hybridized carbons (Fsp3) is 0.150. The molecule has 4 heteroatoms. The number of anilines is 1. The lowest BCUT2D eigenvalue weighted by molar-refractivity contribution is -0.117. The summed E-state index contributed by atoms with van der Waals surface area (Å²) < 4.78 is 5.41. The third kappa shape index (κ3) is 3.24. The van der Waals surface area contributed by atoms with Crippen LogP contribution in [0.2, 0.25) is 0 Å². The van der Waals surface area contributed by atoms with Crippen LogP contribution in [0.25, 0.3) is 0 Å². The maximum atomic E-state index is 12.5. The molecule has 1 heterocycles. The van der Waals surface area contributed by atoms with Gasteiger partial charge in [-0.1, -0.05) is 42.1 Å². The lowest BCUT2D eigenvalue weighted by atomic mass is 10.2. The summed E-state index contributed by atoms with van der Waals surface area (Å²) in [6, 6.07) is 21.9. The summed E-state index contributed by atoms with van der Waals surface area (Å²) in [5.41, 5.74) is 0.862. The van der Waals surface area contributed by atoms with E-state index in [0.717, 1.165) is 27.7 Å². The number of rotatable bonds is 5. The number of benzene rings is 2. The molecule has 0 bridgehead atoms. The number of carbonyl (C=O) groups is 1. The Morgan fingerprint density at radius 2 is 1.79 bits per heavy atom. The van der Waals surface area contributed by atoms with Crippen LogP contribution in [-0.4, -0.2) is 5.91 Å². The molecule has 2 atom stereocenters. The zero-order valence-electron chi connectivity index (χ0n) is 13.0. The third-order valence-corrected chi connectivity index (χ3v) is 5.24. The maximum Gasteiger partial charge on any atom is 0.228 e. The molecule has 0 aliphatic heterocycles. The predicted molar refractivity (Wildman–Crippen MR) is 95.2 cm³/mol. The van der Waals surface area contributed by atoms with Crippen molar-refractivity contribution in [2.24, 2.45) is 5.92 Å². The molecule has 0 saturated heterocycles. The molecular formula is C20H17NO2S. The average Bonchev–Trinajstić information content (AvgIpc) is 3.23. The molecule has 2 aromatic carbocycles. The second-order valence-corrected chi connectivity index (χ2v) is 6.98. The molecule has 1 fully saturated rings. The standard InChI is InChI=1S/C20H17NO2S/c22-20(16-13-15(16)18-10-6-12-23-18)21-17-9-4-5-11-19(17)24-14-7-2-1-3-8-14/h1-12,15-16H,13H2,(H,21,22)/t15-,16-/m1/s1. The largest absolute Gasteiger partial charge is 0.469 e. The Bertz CT molecular complexity index is 830. The van der Waals surface area contributed by atoms with Crippen molar-refractivity contribution in [1.29, 1.82) is 0 Å². The molecule has 1 amide bonds. The molecule has 24 heavy (non-hydrogen) atoms. The van der Waals surface area contributed by atoms with Crippen LogP contribution in [0.5, 0.6) is 0 Å². The van der Waals surface area contributed by atoms with Crippen LogP contribution in [0.1, 0.15) is 18.1 Å². The summed E-state index contributed by atoms with van der Waals surface area (Å²) in [5, 5.41) is 3.08. The average molecular weight is 335 g/mol. The quantitative estimate of drug-likeness (QED) is 0.699. The van der Waals surface area contributed by atoms with Crippen molar-refractivity contribution in [2.75, 3.05) is 5.32 Å². The van der Waals surface area contributed by atoms with Crippen molar-refractivity contribution in [3.8, 4) is 0 Å². The molecule has 3 aromatic rings. The second kappa shape index (κ2) is 6.57. The fourth-order valence-electron chi connectivity index (χ4n) is 2.80. The minimum Gasteiger partial charge on any atom is -0.469 e. The first-order valence-corrected chi connectivity index (χ1v) is 8.79. The van der Waals surface area contributed by atoms with Crippen LogP contribution in [-0.2, 0) is 4.79 Å². The number of hydrogen-bond donors (Lipinski definition) is 1. The van der Waals surface area contributed by atoms with E-state index < -0.39 is 0 Å². The van der Waals surface area contributed by atoms with Gasteiger partial charge in [0.25, 0.3) is 0 Å². The van der Waals surface area contributed by atoms with Gasteiger partial charge in [0.2, 0.25) is 5.91 Å². The Morgan fingerprint density at radius 1 is 1.00 bits per heavy atom. The monoisotopic (exact) mass is 335 g/mol. The van der Waals surface area contributed by atoms with Crippen LogP contribution in [0.3, 0.4) is 0 Å². The summed E-state index contributed by atoms with van der Waals surface area (Å²) in [6.45, 7) is 0. The van der Waals surface area contributed by atoms with E-state index in [4.69, 9.17) is 4.42 Å². The Balaban J connectivity index is 1.46. The highest BCUT2D eigenvalue weighted by Crippen LogP contribution is 2.48. The van der Waals surface area contributed by atoms with Crippen LogP contribution in [0.4, 0.5) is 5.69 Å². The molecule has 4 rings (SSSR count). The van der Waals surface area contributed by atoms with E-state index >= 15 is 0 Å². The van der Waals surface area contributed by atoms with Crippen molar-refractivity contribution in [3.63, 3.8) is 0 Å². The van der Waals surface area contributed by atoms with Crippen LogP contribution in [0.15, 0.2) is 87.2 Å². The summed E-state index contributed by atoms with van der Waals surface area (Å²) in [4.78, 5) is 14.7. The topological polar surface area (TPSA) is 42.2 Å². The molecule has 1 saturated carbocycles. The van der Waals surface area contributed by atoms with Gasteiger partial charge in [0, 0.05) is 21.6 Å². The highest BCUT2D eigenvalue weighted by atomic mass is 32.2. The molecule has 120 valence electrons. The third-order valence-electron chi connectivity index (χ3n) is 4.15. The van der Waals surface area contributed by atoms with Gasteiger partial charge in [-0.25, -0.2) is 0 Å². The number of nitrogens with one attached hydrogen (secondary N) is 1. The normalized spacial score (nSPS) is 19.0. The zero-order chi connectivity index (χ0) is 16.4. The van der Waals surface area contributed by atoms with Gasteiger partial charge in [-0.15, -0.1) is 0 Å². The Labute approximate surface area is 145 Å². The lowest BCUT2D eigenvalue weighted by Crippen LogP contribution is -2.15. The maximum absolute atomic E-state index is 12.5. The van der Waals surface area contributed by atoms with Crippen molar-refractivity contribution in [3.05, 3.63) is 78.8 Å². The molecule has 1 aliphatic carbocycles. The van der Waals surface area contributed by atoms with Crippen molar-refractivity contribution in [2.45, 2.75) is 22.1 Å². The molecule has 1 aliphatic rings. The van der Waals surface area contributed by atoms with E-state index in [9.17, 15) is 4.79 Å². The van der Waals surface area contributed by atoms with Crippen molar-refractivity contribution >= 4 is 23.4 Å². The van der Waals surface area contributed by atoms with E-state index in [2.05, 4.69) is 17.4 Å². The molecular weight excluding hydrogens is 318 g/mol. The van der Waals surface area contributed by atoms with Gasteiger partial charge in [-0.2, -0.15) is 0 Å². The van der Waals surface area contributed by atoms with Gasteiger partial charge in [0.05, 0.1) is 12.0 Å². The number of carbonyl (C=O) groups excluding carboxylic acids is 1. The molecule has 0 spiro atoms. The lowest BCUT2D eigenvalue weighted by Gasteiger charge is -2.10. The van der Waals surface area contributed by atoms with Gasteiger partial charge in [0.1, 0.15) is 5.76 Å². The Kier molecular flexibility index (Phi) is 4.13. The minimum atomic E-state index is 0.00549. The number of amides is 1. The Morgan fingerprint density at radius 3 is 2.58 bits per heavy atom. The molecule has 0 unspecified atom stereocenters. The highest BCUT2D eigenvalue weighted by molar-refractivity contribution is 7.99. The highest BCUT2D eigenvalue weighted by Gasteiger charge is 2.45. The van der Waals surface area contributed by atoms with Crippen molar-refractivity contribution in [1.82, 2.24) is 0 Å². The van der Waals surface area contributed by atoms with Gasteiger partial charge in [-0.3, -0.25) is 4.79 Å². The first-order valence-electron chi connectivity index (χ1n) is 7.97. The van der Waals surface area contributed by atoms with E-state index in [1.54, 1.807) is 18.0 Å². The first-order chi connectivity index (χ1) is 11.8. The molecule has 1 N–H and O–H groups in total. The second-order valence-electron chi connectivity index (χ2n) is 5.86. The van der Waals surface area contributed by atoms with Crippen LogP contribution < -0.4 is 5.32 Å². The summed E-state index contributed by atoms with van der Waals surface area (Å²) in [7, 11) is 0. The number of furan rings is 1.